The minimum absolute atomic E-state index is 1.23. The molecule has 0 spiro atoms. The van der Waals surface area contributed by atoms with Crippen molar-refractivity contribution in [3.63, 3.8) is 0 Å². The van der Waals surface area contributed by atoms with E-state index in [1.54, 1.807) is 0 Å². The van der Waals surface area contributed by atoms with Crippen LogP contribution in [0.1, 0.15) is 0 Å². The van der Waals surface area contributed by atoms with E-state index < -0.39 is 26.5 Å². The number of rotatable bonds is 2. The molecule has 3 heteroatoms. The Bertz CT molecular complexity index is 173. The summed E-state index contributed by atoms with van der Waals surface area (Å²) in [6.45, 7) is 0. The van der Waals surface area contributed by atoms with Crippen molar-refractivity contribution in [2.24, 2.45) is 0 Å². The third kappa shape index (κ3) is 3.63. The summed E-state index contributed by atoms with van der Waals surface area (Å²) < 4.78 is 1.23. The van der Waals surface area contributed by atoms with E-state index >= 15 is 0 Å². The van der Waals surface area contributed by atoms with Crippen LogP contribution in [0.5, 0.6) is 0 Å². The average Bonchev–Trinajstić information content (AvgIpc) is 1.56. The Labute approximate surface area is 75.0 Å². The molecule has 0 aliphatic rings. The third-order valence-electron chi connectivity index (χ3n) is 1.60. The summed E-state index contributed by atoms with van der Waals surface area (Å²) >= 11 is -3.65. The van der Waals surface area contributed by atoms with Gasteiger partial charge in [0.05, 0.1) is 0 Å². The van der Waals surface area contributed by atoms with Crippen LogP contribution in [-0.4, -0.2) is 32.5 Å². The molecule has 0 amide bonds. The van der Waals surface area contributed by atoms with Gasteiger partial charge in [-0.05, 0) is 0 Å². The fourth-order valence-corrected chi connectivity index (χ4v) is 32.0. The summed E-state index contributed by atoms with van der Waals surface area (Å²) in [6, 6.07) is 0. The third-order valence-corrected chi connectivity index (χ3v) is 24.7. The normalized spacial score (nSPS) is 12.5. The minimum atomic E-state index is -1.83. The van der Waals surface area contributed by atoms with Gasteiger partial charge in [-0.15, -0.1) is 0 Å². The average molecular weight is 275 g/mol. The summed E-state index contributed by atoms with van der Waals surface area (Å²) in [5.74, 6) is 15.9. The van der Waals surface area contributed by atoms with Crippen molar-refractivity contribution >= 4 is 32.5 Å². The Hall–Kier alpha value is 0.536. The standard InChI is InChI=1S/C8H18Ge2O/c1-9(2,3)8(7-11)10(4,5)6/h1-6H3. The maximum atomic E-state index is 10.7. The van der Waals surface area contributed by atoms with E-state index in [1.165, 1.54) is 3.24 Å². The van der Waals surface area contributed by atoms with Gasteiger partial charge in [0.25, 0.3) is 0 Å². The Kier molecular flexibility index (Phi) is 3.67. The van der Waals surface area contributed by atoms with E-state index in [9.17, 15) is 4.79 Å². The molecule has 64 valence electrons. The molecular formula is C8H18Ge2O. The van der Waals surface area contributed by atoms with Crippen LogP contribution >= 0.6 is 0 Å². The summed E-state index contributed by atoms with van der Waals surface area (Å²) in [5.41, 5.74) is 0. The van der Waals surface area contributed by atoms with Crippen molar-refractivity contribution in [3.05, 3.63) is 3.24 Å². The summed E-state index contributed by atoms with van der Waals surface area (Å²) in [5, 5.41) is 0. The zero-order valence-corrected chi connectivity index (χ0v) is 12.6. The molecule has 11 heavy (non-hydrogen) atoms. The van der Waals surface area contributed by atoms with Crippen LogP contribution in [0.2, 0.25) is 34.5 Å². The second kappa shape index (κ2) is 3.50. The Morgan fingerprint density at radius 1 is 0.909 bits per heavy atom. The molecule has 0 N–H and O–H groups in total. The van der Waals surface area contributed by atoms with Gasteiger partial charge < -0.3 is 0 Å². The predicted octanol–water partition coefficient (Wildman–Crippen LogP) is 2.50. The van der Waals surface area contributed by atoms with Gasteiger partial charge in [-0.25, -0.2) is 0 Å². The summed E-state index contributed by atoms with van der Waals surface area (Å²) in [6.07, 6.45) is 0. The van der Waals surface area contributed by atoms with Gasteiger partial charge in [-0.3, -0.25) is 0 Å². The molecule has 0 fully saturated rings. The molecule has 0 rings (SSSR count). The molecule has 0 aliphatic heterocycles. The first-order valence-electron chi connectivity index (χ1n) is 3.95. The van der Waals surface area contributed by atoms with E-state index in [-0.39, 0.29) is 0 Å². The zero-order chi connectivity index (χ0) is 9.28. The second-order valence-electron chi connectivity index (χ2n) is 4.98. The van der Waals surface area contributed by atoms with E-state index in [0.29, 0.717) is 0 Å². The van der Waals surface area contributed by atoms with Crippen LogP contribution in [0.15, 0.2) is 3.24 Å². The van der Waals surface area contributed by atoms with Crippen molar-refractivity contribution in [1.29, 1.82) is 0 Å². The van der Waals surface area contributed by atoms with Gasteiger partial charge in [0.15, 0.2) is 0 Å². The molecule has 0 aromatic heterocycles. The number of hydrogen-bond donors (Lipinski definition) is 0. The van der Waals surface area contributed by atoms with Crippen molar-refractivity contribution in [2.45, 2.75) is 34.5 Å². The molecule has 0 heterocycles. The fraction of sp³-hybridized carbons (Fsp3) is 0.750. The quantitative estimate of drug-likeness (QED) is 0.559. The summed E-state index contributed by atoms with van der Waals surface area (Å²) in [4.78, 5) is 10.7. The van der Waals surface area contributed by atoms with Crippen LogP contribution in [0.25, 0.3) is 0 Å². The number of hydrogen-bond acceptors (Lipinski definition) is 1. The van der Waals surface area contributed by atoms with E-state index in [4.69, 9.17) is 0 Å². The topological polar surface area (TPSA) is 17.1 Å². The molecule has 0 aliphatic carbocycles. The van der Waals surface area contributed by atoms with Crippen molar-refractivity contribution in [2.75, 3.05) is 0 Å². The van der Waals surface area contributed by atoms with Crippen LogP contribution in [0.3, 0.4) is 0 Å². The zero-order valence-electron chi connectivity index (χ0n) is 8.41. The molecule has 1 nitrogen and oxygen atoms in total. The van der Waals surface area contributed by atoms with Crippen LogP contribution in [-0.2, 0) is 4.79 Å². The van der Waals surface area contributed by atoms with E-state index in [2.05, 4.69) is 40.5 Å². The van der Waals surface area contributed by atoms with Crippen molar-refractivity contribution < 1.29 is 4.79 Å². The van der Waals surface area contributed by atoms with Gasteiger partial charge in [-0.2, -0.15) is 0 Å². The molecule has 0 saturated carbocycles. The molecule has 0 aromatic rings. The second-order valence-corrected chi connectivity index (χ2v) is 28.2. The fourth-order valence-electron chi connectivity index (χ4n) is 1.43. The Balaban J connectivity index is 4.90. The monoisotopic (exact) mass is 278 g/mol. The first-order chi connectivity index (χ1) is 4.69. The van der Waals surface area contributed by atoms with Crippen LogP contribution in [0, 0.1) is 0 Å². The Morgan fingerprint density at radius 3 is 1.18 bits per heavy atom. The van der Waals surface area contributed by atoms with Gasteiger partial charge >= 0.3 is 75.0 Å². The van der Waals surface area contributed by atoms with Gasteiger partial charge in [0.2, 0.25) is 0 Å². The molecule has 0 atom stereocenters. The molecule has 0 bridgehead atoms. The number of carbonyl (C=O) groups excluding carboxylic acids is 1. The van der Waals surface area contributed by atoms with Crippen molar-refractivity contribution in [3.8, 4) is 0 Å². The van der Waals surface area contributed by atoms with Gasteiger partial charge in [0, 0.05) is 0 Å². The predicted molar refractivity (Wildman–Crippen MR) is 55.9 cm³/mol. The first-order valence-corrected chi connectivity index (χ1v) is 18.6. The first kappa shape index (κ1) is 11.5. The molecule has 0 unspecified atom stereocenters. The summed E-state index contributed by atoms with van der Waals surface area (Å²) in [7, 11) is 0. The molecular weight excluding hydrogens is 257 g/mol. The maximum absolute atomic E-state index is 10.7. The molecule has 0 radical (unpaired) electrons. The SMILES string of the molecule is [CH3][Ge]([CH3])([CH3])[C](=C=O)[Ge]([CH3])([CH3])[CH3]. The Morgan fingerprint density at radius 2 is 1.18 bits per heavy atom. The van der Waals surface area contributed by atoms with E-state index in [0.717, 1.165) is 0 Å². The molecule has 0 saturated heterocycles. The van der Waals surface area contributed by atoms with Crippen LogP contribution < -0.4 is 0 Å². The van der Waals surface area contributed by atoms with Crippen molar-refractivity contribution in [1.82, 2.24) is 0 Å². The molecule has 0 aromatic carbocycles. The van der Waals surface area contributed by atoms with Gasteiger partial charge in [-0.1, -0.05) is 0 Å². The van der Waals surface area contributed by atoms with Gasteiger partial charge in [0.1, 0.15) is 0 Å². The van der Waals surface area contributed by atoms with Crippen LogP contribution in [0.4, 0.5) is 0 Å². The van der Waals surface area contributed by atoms with E-state index in [1.807, 2.05) is 0 Å².